The Hall–Kier alpha value is -2.04. The second-order valence-electron chi connectivity index (χ2n) is 7.50. The number of nitrogens with zero attached hydrogens (tertiary/aromatic N) is 1. The summed E-state index contributed by atoms with van der Waals surface area (Å²) in [5.41, 5.74) is 0.959. The first kappa shape index (κ1) is 17.8. The van der Waals surface area contributed by atoms with Crippen LogP contribution in [0.3, 0.4) is 0 Å². The Morgan fingerprint density at radius 1 is 1.20 bits per heavy atom. The van der Waals surface area contributed by atoms with Gasteiger partial charge in [-0.3, -0.25) is 9.59 Å². The van der Waals surface area contributed by atoms with Crippen LogP contribution in [0.2, 0.25) is 0 Å². The van der Waals surface area contributed by atoms with Gasteiger partial charge in [-0.1, -0.05) is 18.2 Å². The first-order valence-corrected chi connectivity index (χ1v) is 9.15. The molecule has 3 rings (SSSR count). The number of amides is 1. The second-order valence-corrected chi connectivity index (χ2v) is 7.50. The summed E-state index contributed by atoms with van der Waals surface area (Å²) in [5, 5.41) is 9.03. The fourth-order valence-corrected chi connectivity index (χ4v) is 4.01. The van der Waals surface area contributed by atoms with Crippen molar-refractivity contribution >= 4 is 11.9 Å². The van der Waals surface area contributed by atoms with Gasteiger partial charge >= 0.3 is 5.97 Å². The normalized spacial score (nSPS) is 22.1. The van der Waals surface area contributed by atoms with Crippen molar-refractivity contribution in [2.45, 2.75) is 50.9 Å². The maximum atomic E-state index is 12.7. The smallest absolute Gasteiger partial charge is 0.303 e. The number of rotatable bonds is 6. The van der Waals surface area contributed by atoms with Crippen molar-refractivity contribution in [1.82, 2.24) is 4.90 Å². The van der Waals surface area contributed by atoms with Gasteiger partial charge in [0.1, 0.15) is 5.75 Å². The zero-order valence-corrected chi connectivity index (χ0v) is 14.9. The number of carboxylic acid groups (broad SMARTS) is 1. The summed E-state index contributed by atoms with van der Waals surface area (Å²) in [7, 11) is 1.70. The average Bonchev–Trinajstić information content (AvgIpc) is 3.37. The standard InChI is InChI=1S/C20H27NO4/c1-25-17-7-3-2-6-16(17)15-5-4-11-21(12-8-15)18(22)13-20(9-10-20)14-19(23)24/h2-3,6-7,15H,4-5,8-14H2,1H3,(H,23,24). The molecule has 0 radical (unpaired) electrons. The molecule has 136 valence electrons. The van der Waals surface area contributed by atoms with Gasteiger partial charge in [0.2, 0.25) is 5.91 Å². The topological polar surface area (TPSA) is 66.8 Å². The summed E-state index contributed by atoms with van der Waals surface area (Å²) in [5.74, 6) is 0.658. The maximum absolute atomic E-state index is 12.7. The highest BCUT2D eigenvalue weighted by atomic mass is 16.5. The molecular formula is C20H27NO4. The van der Waals surface area contributed by atoms with E-state index in [4.69, 9.17) is 9.84 Å². The lowest BCUT2D eigenvalue weighted by Crippen LogP contribution is -2.34. The molecule has 1 aliphatic heterocycles. The van der Waals surface area contributed by atoms with E-state index in [0.29, 0.717) is 12.3 Å². The second kappa shape index (κ2) is 7.46. The van der Waals surface area contributed by atoms with Crippen LogP contribution in [0.5, 0.6) is 5.75 Å². The number of hydrogen-bond donors (Lipinski definition) is 1. The van der Waals surface area contributed by atoms with E-state index in [1.165, 1.54) is 5.56 Å². The van der Waals surface area contributed by atoms with Gasteiger partial charge in [-0.15, -0.1) is 0 Å². The number of aliphatic carboxylic acids is 1. The van der Waals surface area contributed by atoms with E-state index in [9.17, 15) is 9.59 Å². The highest BCUT2D eigenvalue weighted by Gasteiger charge is 2.46. The van der Waals surface area contributed by atoms with Crippen molar-refractivity contribution in [3.05, 3.63) is 29.8 Å². The zero-order chi connectivity index (χ0) is 17.9. The molecule has 0 aromatic heterocycles. The Morgan fingerprint density at radius 2 is 1.96 bits per heavy atom. The van der Waals surface area contributed by atoms with Crippen molar-refractivity contribution in [2.75, 3.05) is 20.2 Å². The third kappa shape index (κ3) is 4.33. The highest BCUT2D eigenvalue weighted by Crippen LogP contribution is 2.52. The number of carbonyl (C=O) groups excluding carboxylic acids is 1. The number of likely N-dealkylation sites (tertiary alicyclic amines) is 1. The number of benzene rings is 1. The van der Waals surface area contributed by atoms with Crippen molar-refractivity contribution in [1.29, 1.82) is 0 Å². The van der Waals surface area contributed by atoms with E-state index in [1.54, 1.807) is 7.11 Å². The van der Waals surface area contributed by atoms with Crippen LogP contribution in [0.1, 0.15) is 56.4 Å². The van der Waals surface area contributed by atoms with E-state index in [1.807, 2.05) is 23.1 Å². The van der Waals surface area contributed by atoms with Gasteiger partial charge in [0, 0.05) is 19.5 Å². The van der Waals surface area contributed by atoms with Gasteiger partial charge in [-0.25, -0.2) is 0 Å². The first-order valence-electron chi connectivity index (χ1n) is 9.15. The first-order chi connectivity index (χ1) is 12.0. The fourth-order valence-electron chi connectivity index (χ4n) is 4.01. The van der Waals surface area contributed by atoms with Crippen molar-refractivity contribution in [2.24, 2.45) is 5.41 Å². The summed E-state index contributed by atoms with van der Waals surface area (Å²) in [6.45, 7) is 1.51. The molecule has 1 N–H and O–H groups in total. The van der Waals surface area contributed by atoms with Crippen LogP contribution in [0.25, 0.3) is 0 Å². The average molecular weight is 345 g/mol. The third-order valence-electron chi connectivity index (χ3n) is 5.67. The number of hydrogen-bond acceptors (Lipinski definition) is 3. The van der Waals surface area contributed by atoms with E-state index < -0.39 is 5.97 Å². The maximum Gasteiger partial charge on any atom is 0.303 e. The molecule has 2 fully saturated rings. The molecule has 2 aliphatic rings. The minimum absolute atomic E-state index is 0.121. The van der Waals surface area contributed by atoms with Crippen LogP contribution in [0, 0.1) is 5.41 Å². The molecule has 25 heavy (non-hydrogen) atoms. The molecule has 1 unspecified atom stereocenters. The van der Waals surface area contributed by atoms with Gasteiger partial charge in [0.25, 0.3) is 0 Å². The Kier molecular flexibility index (Phi) is 5.30. The van der Waals surface area contributed by atoms with E-state index in [2.05, 4.69) is 6.07 Å². The number of para-hydroxylation sites is 1. The van der Waals surface area contributed by atoms with Crippen molar-refractivity contribution < 1.29 is 19.4 Å². The predicted octanol–water partition coefficient (Wildman–Crippen LogP) is 3.44. The molecular weight excluding hydrogens is 318 g/mol. The van der Waals surface area contributed by atoms with Gasteiger partial charge < -0.3 is 14.7 Å². The van der Waals surface area contributed by atoms with Gasteiger partial charge in [-0.2, -0.15) is 0 Å². The summed E-state index contributed by atoms with van der Waals surface area (Å²) < 4.78 is 5.49. The minimum Gasteiger partial charge on any atom is -0.496 e. The number of carboxylic acids is 1. The minimum atomic E-state index is -0.794. The number of methoxy groups -OCH3 is 1. The van der Waals surface area contributed by atoms with Gasteiger partial charge in [-0.05, 0) is 55.1 Å². The van der Waals surface area contributed by atoms with Gasteiger partial charge in [0.15, 0.2) is 0 Å². The summed E-state index contributed by atoms with van der Waals surface area (Å²) in [6, 6.07) is 8.12. The zero-order valence-electron chi connectivity index (χ0n) is 14.9. The largest absolute Gasteiger partial charge is 0.496 e. The van der Waals surface area contributed by atoms with E-state index >= 15 is 0 Å². The Morgan fingerprint density at radius 3 is 2.64 bits per heavy atom. The van der Waals surface area contributed by atoms with Crippen LogP contribution in [0.15, 0.2) is 24.3 Å². The lowest BCUT2D eigenvalue weighted by atomic mass is 9.91. The quantitative estimate of drug-likeness (QED) is 0.858. The Balaban J connectivity index is 1.60. The van der Waals surface area contributed by atoms with Crippen molar-refractivity contribution in [3.63, 3.8) is 0 Å². The number of ether oxygens (including phenoxy) is 1. The van der Waals surface area contributed by atoms with Crippen LogP contribution in [-0.4, -0.2) is 42.1 Å². The molecule has 1 saturated heterocycles. The summed E-state index contributed by atoms with van der Waals surface area (Å²) in [4.78, 5) is 25.6. The van der Waals surface area contributed by atoms with E-state index in [-0.39, 0.29) is 17.7 Å². The van der Waals surface area contributed by atoms with Crippen LogP contribution in [-0.2, 0) is 9.59 Å². The molecule has 1 aromatic carbocycles. The van der Waals surface area contributed by atoms with E-state index in [0.717, 1.165) is 50.9 Å². The summed E-state index contributed by atoms with van der Waals surface area (Å²) in [6.07, 6.45) is 5.18. The molecule has 1 atom stereocenters. The molecule has 0 spiro atoms. The molecule has 0 bridgehead atoms. The molecule has 1 saturated carbocycles. The fraction of sp³-hybridized carbons (Fsp3) is 0.600. The van der Waals surface area contributed by atoms with Crippen LogP contribution in [0.4, 0.5) is 0 Å². The molecule has 5 nitrogen and oxygen atoms in total. The van der Waals surface area contributed by atoms with Crippen LogP contribution < -0.4 is 4.74 Å². The third-order valence-corrected chi connectivity index (χ3v) is 5.67. The molecule has 1 amide bonds. The molecule has 5 heteroatoms. The van der Waals surface area contributed by atoms with Crippen LogP contribution >= 0.6 is 0 Å². The highest BCUT2D eigenvalue weighted by molar-refractivity contribution is 5.79. The summed E-state index contributed by atoms with van der Waals surface area (Å²) >= 11 is 0. The lowest BCUT2D eigenvalue weighted by Gasteiger charge is -2.23. The monoisotopic (exact) mass is 345 g/mol. The number of carbonyl (C=O) groups is 2. The lowest BCUT2D eigenvalue weighted by molar-refractivity contribution is -0.139. The molecule has 1 aliphatic carbocycles. The SMILES string of the molecule is COc1ccccc1C1CCCN(C(=O)CC2(CC(=O)O)CC2)CC1. The predicted molar refractivity (Wildman–Crippen MR) is 94.7 cm³/mol. The molecule has 1 heterocycles. The Bertz CT molecular complexity index is 638. The van der Waals surface area contributed by atoms with Gasteiger partial charge in [0.05, 0.1) is 13.5 Å². The van der Waals surface area contributed by atoms with Crippen molar-refractivity contribution in [3.8, 4) is 5.75 Å². The Labute approximate surface area is 149 Å². The molecule has 1 aromatic rings.